The van der Waals surface area contributed by atoms with Crippen LogP contribution in [0.15, 0.2) is 23.0 Å². The first-order valence-corrected chi connectivity index (χ1v) is 11.5. The van der Waals surface area contributed by atoms with E-state index in [-0.39, 0.29) is 29.8 Å². The van der Waals surface area contributed by atoms with Gasteiger partial charge in [-0.25, -0.2) is 9.37 Å². The van der Waals surface area contributed by atoms with Gasteiger partial charge in [0.25, 0.3) is 11.5 Å². The number of benzene rings is 1. The Bertz CT molecular complexity index is 1130. The highest BCUT2D eigenvalue weighted by Crippen LogP contribution is 2.24. The number of nitrogens with one attached hydrogen (secondary N) is 1. The summed E-state index contributed by atoms with van der Waals surface area (Å²) in [5.74, 6) is -0.331. The first-order valence-electron chi connectivity index (χ1n) is 11.5. The SMILES string of the molecule is CCOn1c(NCC2CCCCC2)nc2c(c1=O)CN(C(=O)c1ccc(C#N)cc1F)CC2. The predicted molar refractivity (Wildman–Crippen MR) is 120 cm³/mol. The molecule has 1 saturated carbocycles. The molecular weight excluding hydrogens is 425 g/mol. The van der Waals surface area contributed by atoms with Gasteiger partial charge in [-0.2, -0.15) is 5.26 Å². The molecule has 0 bridgehead atoms. The van der Waals surface area contributed by atoms with Crippen LogP contribution in [0.25, 0.3) is 0 Å². The number of halogens is 1. The molecule has 2 heterocycles. The Hall–Kier alpha value is -3.41. The molecule has 1 aliphatic heterocycles. The van der Waals surface area contributed by atoms with Crippen LogP contribution in [0.1, 0.15) is 66.2 Å². The van der Waals surface area contributed by atoms with Crippen molar-refractivity contribution in [1.82, 2.24) is 14.6 Å². The van der Waals surface area contributed by atoms with Gasteiger partial charge < -0.3 is 15.1 Å². The number of carbonyl (C=O) groups is 1. The molecule has 1 fully saturated rings. The quantitative estimate of drug-likeness (QED) is 0.722. The fraction of sp³-hybridized carbons (Fsp3) is 0.500. The van der Waals surface area contributed by atoms with Crippen molar-refractivity contribution in [3.05, 3.63) is 56.8 Å². The van der Waals surface area contributed by atoms with Crippen LogP contribution >= 0.6 is 0 Å². The Kier molecular flexibility index (Phi) is 6.92. The van der Waals surface area contributed by atoms with Crippen LogP contribution < -0.4 is 15.7 Å². The van der Waals surface area contributed by atoms with Crippen molar-refractivity contribution in [3.63, 3.8) is 0 Å². The Morgan fingerprint density at radius 2 is 2.12 bits per heavy atom. The van der Waals surface area contributed by atoms with E-state index in [4.69, 9.17) is 10.1 Å². The molecule has 33 heavy (non-hydrogen) atoms. The van der Waals surface area contributed by atoms with Gasteiger partial charge in [-0.05, 0) is 43.9 Å². The smallest absolute Gasteiger partial charge is 0.293 e. The summed E-state index contributed by atoms with van der Waals surface area (Å²) in [6.07, 6.45) is 6.45. The van der Waals surface area contributed by atoms with Crippen LogP contribution in [0.2, 0.25) is 0 Å². The molecule has 2 aromatic rings. The molecule has 1 amide bonds. The lowest BCUT2D eigenvalue weighted by Crippen LogP contribution is -2.43. The Balaban J connectivity index is 1.56. The molecule has 0 saturated heterocycles. The fourth-order valence-electron chi connectivity index (χ4n) is 4.55. The summed E-state index contributed by atoms with van der Waals surface area (Å²) in [6.45, 7) is 3.16. The molecular formula is C24H28FN5O3. The van der Waals surface area contributed by atoms with Crippen molar-refractivity contribution >= 4 is 11.9 Å². The number of hydrogen-bond donors (Lipinski definition) is 1. The second-order valence-corrected chi connectivity index (χ2v) is 8.55. The van der Waals surface area contributed by atoms with Crippen LogP contribution in [-0.2, 0) is 13.0 Å². The van der Waals surface area contributed by atoms with Crippen LogP contribution in [-0.4, -0.2) is 40.2 Å². The van der Waals surface area contributed by atoms with Gasteiger partial charge in [0.2, 0.25) is 5.95 Å². The molecule has 0 unspecified atom stereocenters. The summed E-state index contributed by atoms with van der Waals surface area (Å²) in [7, 11) is 0. The van der Waals surface area contributed by atoms with Gasteiger partial charge in [-0.3, -0.25) is 9.59 Å². The summed E-state index contributed by atoms with van der Waals surface area (Å²) in [5, 5.41) is 12.2. The zero-order valence-corrected chi connectivity index (χ0v) is 18.8. The van der Waals surface area contributed by atoms with E-state index >= 15 is 0 Å². The van der Waals surface area contributed by atoms with Gasteiger partial charge in [0.05, 0.1) is 35.0 Å². The Morgan fingerprint density at radius 1 is 1.33 bits per heavy atom. The number of anilines is 1. The molecule has 2 aliphatic rings. The summed E-state index contributed by atoms with van der Waals surface area (Å²) in [4.78, 5) is 37.8. The third-order valence-electron chi connectivity index (χ3n) is 6.34. The zero-order chi connectivity index (χ0) is 23.4. The third kappa shape index (κ3) is 4.85. The minimum Gasteiger partial charge on any atom is -0.408 e. The van der Waals surface area contributed by atoms with Crippen molar-refractivity contribution in [2.75, 3.05) is 25.0 Å². The van der Waals surface area contributed by atoms with Crippen LogP contribution in [0.5, 0.6) is 0 Å². The van der Waals surface area contributed by atoms with Crippen LogP contribution in [0.3, 0.4) is 0 Å². The Morgan fingerprint density at radius 3 is 2.82 bits per heavy atom. The van der Waals surface area contributed by atoms with Crippen LogP contribution in [0, 0.1) is 23.1 Å². The summed E-state index contributed by atoms with van der Waals surface area (Å²) < 4.78 is 15.5. The normalized spacial score (nSPS) is 16.1. The maximum Gasteiger partial charge on any atom is 0.293 e. The number of carbonyl (C=O) groups excluding carboxylic acids is 1. The number of nitriles is 1. The number of hydrogen-bond acceptors (Lipinski definition) is 6. The second kappa shape index (κ2) is 10.0. The molecule has 174 valence electrons. The van der Waals surface area contributed by atoms with E-state index in [9.17, 15) is 14.0 Å². The molecule has 0 radical (unpaired) electrons. The third-order valence-corrected chi connectivity index (χ3v) is 6.34. The van der Waals surface area contributed by atoms with E-state index < -0.39 is 11.7 Å². The minimum atomic E-state index is -0.753. The maximum atomic E-state index is 14.4. The fourth-order valence-corrected chi connectivity index (χ4v) is 4.55. The van der Waals surface area contributed by atoms with Gasteiger partial charge >= 0.3 is 0 Å². The molecule has 9 heteroatoms. The number of aromatic nitrogens is 2. The number of nitrogens with zero attached hydrogens (tertiary/aromatic N) is 4. The minimum absolute atomic E-state index is 0.0232. The lowest BCUT2D eigenvalue weighted by molar-refractivity contribution is 0.0719. The summed E-state index contributed by atoms with van der Waals surface area (Å²) >= 11 is 0. The Labute approximate surface area is 191 Å². The van der Waals surface area contributed by atoms with Crippen molar-refractivity contribution in [2.24, 2.45) is 5.92 Å². The lowest BCUT2D eigenvalue weighted by Gasteiger charge is -2.29. The lowest BCUT2D eigenvalue weighted by atomic mass is 9.89. The maximum absolute atomic E-state index is 14.4. The van der Waals surface area contributed by atoms with Gasteiger partial charge in [0.15, 0.2) is 0 Å². The topological polar surface area (TPSA) is 100 Å². The van der Waals surface area contributed by atoms with E-state index in [1.54, 1.807) is 6.92 Å². The molecule has 1 N–H and O–H groups in total. The highest BCUT2D eigenvalue weighted by molar-refractivity contribution is 5.94. The number of amides is 1. The van der Waals surface area contributed by atoms with Crippen molar-refractivity contribution in [1.29, 1.82) is 5.26 Å². The average molecular weight is 454 g/mol. The molecule has 1 aliphatic carbocycles. The van der Waals surface area contributed by atoms with E-state index in [1.807, 2.05) is 6.07 Å². The highest BCUT2D eigenvalue weighted by atomic mass is 19.1. The summed E-state index contributed by atoms with van der Waals surface area (Å²) in [6, 6.07) is 5.60. The van der Waals surface area contributed by atoms with Gasteiger partial charge in [0, 0.05) is 19.5 Å². The molecule has 0 spiro atoms. The average Bonchev–Trinajstić information content (AvgIpc) is 2.84. The molecule has 0 atom stereocenters. The molecule has 1 aromatic heterocycles. The largest absolute Gasteiger partial charge is 0.408 e. The van der Waals surface area contributed by atoms with E-state index in [0.29, 0.717) is 36.1 Å². The van der Waals surface area contributed by atoms with Gasteiger partial charge in [0.1, 0.15) is 12.4 Å². The van der Waals surface area contributed by atoms with E-state index in [1.165, 1.54) is 53.9 Å². The van der Waals surface area contributed by atoms with E-state index in [2.05, 4.69) is 10.3 Å². The van der Waals surface area contributed by atoms with Crippen molar-refractivity contribution < 1.29 is 14.0 Å². The molecule has 1 aromatic carbocycles. The van der Waals surface area contributed by atoms with Crippen LogP contribution in [0.4, 0.5) is 10.3 Å². The number of rotatable bonds is 6. The number of fused-ring (bicyclic) bond motifs is 1. The highest BCUT2D eigenvalue weighted by Gasteiger charge is 2.29. The van der Waals surface area contributed by atoms with Gasteiger partial charge in [-0.15, -0.1) is 4.73 Å². The standard InChI is InChI=1S/C24H28FN5O3/c1-2-33-30-23(32)19-15-29(22(31)18-9-8-17(13-26)12-20(18)25)11-10-21(19)28-24(30)27-14-16-6-4-3-5-7-16/h8-9,12,16H,2-7,10-11,14-15H2,1H3,(H,27,28). The van der Waals surface area contributed by atoms with Gasteiger partial charge in [-0.1, -0.05) is 19.3 Å². The monoisotopic (exact) mass is 453 g/mol. The molecule has 4 rings (SSSR count). The van der Waals surface area contributed by atoms with E-state index in [0.717, 1.165) is 12.6 Å². The summed E-state index contributed by atoms with van der Waals surface area (Å²) in [5.41, 5.74) is 0.670. The van der Waals surface area contributed by atoms with Crippen molar-refractivity contribution in [3.8, 4) is 6.07 Å². The molecule has 8 nitrogen and oxygen atoms in total. The predicted octanol–water partition coefficient (Wildman–Crippen LogP) is 2.89. The first kappa shape index (κ1) is 22.8. The second-order valence-electron chi connectivity index (χ2n) is 8.55. The first-order chi connectivity index (χ1) is 16.0. The zero-order valence-electron chi connectivity index (χ0n) is 18.8. The van der Waals surface area contributed by atoms with Crippen molar-refractivity contribution in [2.45, 2.75) is 52.0 Å².